The van der Waals surface area contributed by atoms with Crippen molar-refractivity contribution in [3.05, 3.63) is 30.3 Å². The van der Waals surface area contributed by atoms with E-state index in [2.05, 4.69) is 42.3 Å². The van der Waals surface area contributed by atoms with Crippen LogP contribution in [0, 0.1) is 0 Å². The van der Waals surface area contributed by atoms with Crippen molar-refractivity contribution in [3.63, 3.8) is 0 Å². The number of rotatable bonds is 2. The molecule has 1 saturated heterocycles. The van der Waals surface area contributed by atoms with Crippen molar-refractivity contribution in [2.45, 2.75) is 16.6 Å². The van der Waals surface area contributed by atoms with Gasteiger partial charge in [-0.15, -0.1) is 11.8 Å². The molecule has 1 heterocycles. The smallest absolute Gasteiger partial charge is 0.0234 e. The monoisotopic (exact) mass is 193 g/mol. The molecule has 0 aliphatic carbocycles. The minimum absolute atomic E-state index is 0.799. The summed E-state index contributed by atoms with van der Waals surface area (Å²) in [6.07, 6.45) is 1.33. The zero-order valence-corrected chi connectivity index (χ0v) is 8.76. The average molecular weight is 193 g/mol. The van der Waals surface area contributed by atoms with Gasteiger partial charge in [0.25, 0.3) is 0 Å². The third-order valence-electron chi connectivity index (χ3n) is 2.39. The summed E-state index contributed by atoms with van der Waals surface area (Å²) in [4.78, 5) is 3.81. The summed E-state index contributed by atoms with van der Waals surface area (Å²) in [5.74, 6) is 0. The van der Waals surface area contributed by atoms with Gasteiger partial charge in [0.15, 0.2) is 0 Å². The van der Waals surface area contributed by atoms with Gasteiger partial charge in [-0.2, -0.15) is 0 Å². The molecule has 1 aromatic carbocycles. The number of likely N-dealkylation sites (tertiary alicyclic amines) is 1. The van der Waals surface area contributed by atoms with Crippen LogP contribution in [0.25, 0.3) is 0 Å². The summed E-state index contributed by atoms with van der Waals surface area (Å²) >= 11 is 2.01. The van der Waals surface area contributed by atoms with Crippen molar-refractivity contribution >= 4 is 11.8 Å². The zero-order valence-electron chi connectivity index (χ0n) is 7.94. The molecule has 0 bridgehead atoms. The van der Waals surface area contributed by atoms with Crippen LogP contribution in [0.1, 0.15) is 6.42 Å². The van der Waals surface area contributed by atoms with Gasteiger partial charge >= 0.3 is 0 Å². The van der Waals surface area contributed by atoms with Gasteiger partial charge in [-0.1, -0.05) is 18.2 Å². The zero-order chi connectivity index (χ0) is 9.10. The molecular formula is C11H15NS. The highest BCUT2D eigenvalue weighted by molar-refractivity contribution is 8.00. The van der Waals surface area contributed by atoms with E-state index in [1.165, 1.54) is 24.4 Å². The van der Waals surface area contributed by atoms with Gasteiger partial charge in [0.1, 0.15) is 0 Å². The highest BCUT2D eigenvalue weighted by Gasteiger charge is 2.19. The highest BCUT2D eigenvalue weighted by Crippen LogP contribution is 2.28. The molecule has 0 amide bonds. The van der Waals surface area contributed by atoms with Crippen molar-refractivity contribution < 1.29 is 0 Å². The van der Waals surface area contributed by atoms with Gasteiger partial charge in [0.2, 0.25) is 0 Å². The summed E-state index contributed by atoms with van der Waals surface area (Å²) in [5.41, 5.74) is 0. The third kappa shape index (κ3) is 2.48. The molecule has 0 saturated carbocycles. The molecule has 0 radical (unpaired) electrons. The van der Waals surface area contributed by atoms with Crippen molar-refractivity contribution in [2.24, 2.45) is 0 Å². The Hall–Kier alpha value is -0.470. The lowest BCUT2D eigenvalue weighted by atomic mass is 10.4. The quantitative estimate of drug-likeness (QED) is 0.710. The predicted molar refractivity (Wildman–Crippen MR) is 58.2 cm³/mol. The van der Waals surface area contributed by atoms with Crippen molar-refractivity contribution in [3.8, 4) is 0 Å². The topological polar surface area (TPSA) is 3.24 Å². The van der Waals surface area contributed by atoms with Gasteiger partial charge in [0, 0.05) is 16.7 Å². The van der Waals surface area contributed by atoms with E-state index in [1.807, 2.05) is 11.8 Å². The van der Waals surface area contributed by atoms with Crippen molar-refractivity contribution in [1.29, 1.82) is 0 Å². The van der Waals surface area contributed by atoms with Crippen LogP contribution < -0.4 is 0 Å². The molecular weight excluding hydrogens is 178 g/mol. The lowest BCUT2D eigenvalue weighted by Crippen LogP contribution is -2.14. The fourth-order valence-corrected chi connectivity index (χ4v) is 2.93. The van der Waals surface area contributed by atoms with E-state index in [0.29, 0.717) is 0 Å². The summed E-state index contributed by atoms with van der Waals surface area (Å²) < 4.78 is 0. The molecule has 1 unspecified atom stereocenters. The number of thioether (sulfide) groups is 1. The van der Waals surface area contributed by atoms with Crippen LogP contribution in [0.4, 0.5) is 0 Å². The fraction of sp³-hybridized carbons (Fsp3) is 0.455. The first-order valence-electron chi connectivity index (χ1n) is 4.75. The Labute approximate surface area is 84.1 Å². The molecule has 1 nitrogen and oxygen atoms in total. The molecule has 2 heteroatoms. The number of hydrogen-bond acceptors (Lipinski definition) is 2. The Morgan fingerprint density at radius 2 is 2.08 bits per heavy atom. The molecule has 0 spiro atoms. The molecule has 2 rings (SSSR count). The molecule has 13 heavy (non-hydrogen) atoms. The first-order chi connectivity index (χ1) is 6.34. The highest BCUT2D eigenvalue weighted by atomic mass is 32.2. The standard InChI is InChI=1S/C11H15NS/c1-12-8-7-11(9-12)13-10-5-3-2-4-6-10/h2-6,11H,7-9H2,1H3. The van der Waals surface area contributed by atoms with E-state index in [9.17, 15) is 0 Å². The Morgan fingerprint density at radius 3 is 2.69 bits per heavy atom. The fourth-order valence-electron chi connectivity index (χ4n) is 1.68. The van der Waals surface area contributed by atoms with Crippen molar-refractivity contribution in [2.75, 3.05) is 20.1 Å². The predicted octanol–water partition coefficient (Wildman–Crippen LogP) is 2.48. The SMILES string of the molecule is CN1CCC(Sc2ccccc2)C1. The second kappa shape index (κ2) is 4.16. The second-order valence-corrected chi connectivity index (χ2v) is 4.98. The van der Waals surface area contributed by atoms with Gasteiger partial charge < -0.3 is 4.90 Å². The third-order valence-corrected chi connectivity index (χ3v) is 3.66. The Kier molecular flexibility index (Phi) is 2.91. The van der Waals surface area contributed by atoms with E-state index in [1.54, 1.807) is 0 Å². The molecule has 1 atom stereocenters. The van der Waals surface area contributed by atoms with Crippen LogP contribution in [0.5, 0.6) is 0 Å². The van der Waals surface area contributed by atoms with E-state index in [0.717, 1.165) is 5.25 Å². The van der Waals surface area contributed by atoms with Crippen LogP contribution in [-0.4, -0.2) is 30.3 Å². The Morgan fingerprint density at radius 1 is 1.31 bits per heavy atom. The Bertz CT molecular complexity index is 260. The number of hydrogen-bond donors (Lipinski definition) is 0. The molecule has 0 N–H and O–H groups in total. The van der Waals surface area contributed by atoms with Crippen LogP contribution in [-0.2, 0) is 0 Å². The minimum Gasteiger partial charge on any atom is -0.305 e. The van der Waals surface area contributed by atoms with Crippen LogP contribution in [0.15, 0.2) is 35.2 Å². The van der Waals surface area contributed by atoms with Crippen molar-refractivity contribution in [1.82, 2.24) is 4.90 Å². The maximum Gasteiger partial charge on any atom is 0.0234 e. The Balaban J connectivity index is 1.92. The normalized spacial score (nSPS) is 23.6. The summed E-state index contributed by atoms with van der Waals surface area (Å²) in [5, 5.41) is 0.799. The van der Waals surface area contributed by atoms with E-state index < -0.39 is 0 Å². The molecule has 1 aliphatic rings. The molecule has 1 aromatic rings. The first kappa shape index (κ1) is 9.10. The number of nitrogens with zero attached hydrogens (tertiary/aromatic N) is 1. The summed E-state index contributed by atoms with van der Waals surface area (Å²) in [6.45, 7) is 2.49. The minimum atomic E-state index is 0.799. The lowest BCUT2D eigenvalue weighted by Gasteiger charge is -2.09. The molecule has 1 fully saturated rings. The molecule has 70 valence electrons. The first-order valence-corrected chi connectivity index (χ1v) is 5.63. The summed E-state index contributed by atoms with van der Waals surface area (Å²) in [6, 6.07) is 10.7. The van der Waals surface area contributed by atoms with Gasteiger partial charge in [0.05, 0.1) is 0 Å². The largest absolute Gasteiger partial charge is 0.305 e. The van der Waals surface area contributed by atoms with Gasteiger partial charge in [-0.05, 0) is 32.1 Å². The lowest BCUT2D eigenvalue weighted by molar-refractivity contribution is 0.419. The van der Waals surface area contributed by atoms with E-state index >= 15 is 0 Å². The molecule has 1 aliphatic heterocycles. The maximum absolute atomic E-state index is 2.40. The van der Waals surface area contributed by atoms with Crippen LogP contribution >= 0.6 is 11.8 Å². The van der Waals surface area contributed by atoms with Gasteiger partial charge in [-0.25, -0.2) is 0 Å². The van der Waals surface area contributed by atoms with E-state index in [-0.39, 0.29) is 0 Å². The maximum atomic E-state index is 2.40. The number of benzene rings is 1. The summed E-state index contributed by atoms with van der Waals surface area (Å²) in [7, 11) is 2.20. The van der Waals surface area contributed by atoms with Crippen LogP contribution in [0.3, 0.4) is 0 Å². The van der Waals surface area contributed by atoms with Crippen LogP contribution in [0.2, 0.25) is 0 Å². The van der Waals surface area contributed by atoms with E-state index in [4.69, 9.17) is 0 Å². The molecule has 0 aromatic heterocycles. The van der Waals surface area contributed by atoms with Gasteiger partial charge in [-0.3, -0.25) is 0 Å². The average Bonchev–Trinajstić information content (AvgIpc) is 2.53. The second-order valence-electron chi connectivity index (χ2n) is 3.60.